The fraction of sp³-hybridized carbons (Fsp3) is 0.160. The lowest BCUT2D eigenvalue weighted by Crippen LogP contribution is -2.46. The van der Waals surface area contributed by atoms with Crippen LogP contribution in [0.5, 0.6) is 0 Å². The van der Waals surface area contributed by atoms with Crippen molar-refractivity contribution in [3.05, 3.63) is 102 Å². The van der Waals surface area contributed by atoms with Gasteiger partial charge in [-0.25, -0.2) is 13.7 Å². The van der Waals surface area contributed by atoms with Gasteiger partial charge in [-0.15, -0.1) is 0 Å². The maximum absolute atomic E-state index is 13.7. The lowest BCUT2D eigenvalue weighted by atomic mass is 10.1. The van der Waals surface area contributed by atoms with Crippen molar-refractivity contribution in [3.8, 4) is 0 Å². The number of benzene rings is 3. The zero-order valence-corrected chi connectivity index (χ0v) is 17.1. The summed E-state index contributed by atoms with van der Waals surface area (Å²) in [6, 6.07) is 18.6. The molecule has 0 bridgehead atoms. The van der Waals surface area contributed by atoms with Gasteiger partial charge in [0.25, 0.3) is 11.8 Å². The van der Waals surface area contributed by atoms with Crippen LogP contribution < -0.4 is 4.90 Å². The van der Waals surface area contributed by atoms with E-state index in [1.807, 2.05) is 30.3 Å². The standard InChI is InChI=1S/C25H20F2N2O3/c26-19-9-11-21(12-10-19)29-23(30)16-22(25(29)32)28(14-13-17-5-2-1-3-6-17)24(31)18-7-4-8-20(27)15-18/h1-12,15,22H,13-14,16H2/t22-/m0/s1. The van der Waals surface area contributed by atoms with Gasteiger partial charge in [-0.2, -0.15) is 0 Å². The number of hydrogen-bond acceptors (Lipinski definition) is 3. The molecule has 0 unspecified atom stereocenters. The number of hydrogen-bond donors (Lipinski definition) is 0. The van der Waals surface area contributed by atoms with Crippen LogP contribution >= 0.6 is 0 Å². The molecule has 1 saturated heterocycles. The molecule has 0 aliphatic carbocycles. The molecule has 1 aliphatic rings. The van der Waals surface area contributed by atoms with Crippen LogP contribution in [-0.4, -0.2) is 35.2 Å². The molecule has 5 nitrogen and oxygen atoms in total. The molecule has 1 fully saturated rings. The van der Waals surface area contributed by atoms with Crippen LogP contribution in [0.15, 0.2) is 78.9 Å². The predicted octanol–water partition coefficient (Wildman–Crippen LogP) is 3.98. The molecule has 1 aliphatic heterocycles. The second-order valence-electron chi connectivity index (χ2n) is 7.51. The van der Waals surface area contributed by atoms with Gasteiger partial charge in [-0.1, -0.05) is 36.4 Å². The van der Waals surface area contributed by atoms with Gasteiger partial charge in [0.15, 0.2) is 0 Å². The molecule has 4 rings (SSSR count). The summed E-state index contributed by atoms with van der Waals surface area (Å²) in [5.74, 6) is -2.65. The molecular formula is C25H20F2N2O3. The van der Waals surface area contributed by atoms with E-state index in [1.165, 1.54) is 35.2 Å². The monoisotopic (exact) mass is 434 g/mol. The largest absolute Gasteiger partial charge is 0.326 e. The highest BCUT2D eigenvalue weighted by Crippen LogP contribution is 2.27. The fourth-order valence-corrected chi connectivity index (χ4v) is 3.80. The third-order valence-electron chi connectivity index (χ3n) is 5.40. The van der Waals surface area contributed by atoms with Crippen molar-refractivity contribution >= 4 is 23.4 Å². The summed E-state index contributed by atoms with van der Waals surface area (Å²) in [6.45, 7) is 0.167. The van der Waals surface area contributed by atoms with Crippen LogP contribution in [0.2, 0.25) is 0 Å². The van der Waals surface area contributed by atoms with E-state index in [4.69, 9.17) is 0 Å². The van der Waals surface area contributed by atoms with Gasteiger partial charge >= 0.3 is 0 Å². The summed E-state index contributed by atoms with van der Waals surface area (Å²) in [6.07, 6.45) is 0.252. The van der Waals surface area contributed by atoms with Crippen molar-refractivity contribution in [3.63, 3.8) is 0 Å². The number of carbonyl (C=O) groups is 3. The molecule has 32 heavy (non-hydrogen) atoms. The Balaban J connectivity index is 1.64. The second-order valence-corrected chi connectivity index (χ2v) is 7.51. The van der Waals surface area contributed by atoms with Crippen molar-refractivity contribution in [1.82, 2.24) is 4.90 Å². The van der Waals surface area contributed by atoms with Crippen LogP contribution in [0.3, 0.4) is 0 Å². The van der Waals surface area contributed by atoms with Crippen molar-refractivity contribution in [2.75, 3.05) is 11.4 Å². The first-order chi connectivity index (χ1) is 15.4. The Labute approximate surface area is 183 Å². The van der Waals surface area contributed by atoms with Gasteiger partial charge in [0.2, 0.25) is 5.91 Å². The van der Waals surface area contributed by atoms with Crippen LogP contribution in [-0.2, 0) is 16.0 Å². The first-order valence-corrected chi connectivity index (χ1v) is 10.2. The zero-order chi connectivity index (χ0) is 22.7. The van der Waals surface area contributed by atoms with Crippen molar-refractivity contribution in [2.24, 2.45) is 0 Å². The van der Waals surface area contributed by atoms with E-state index >= 15 is 0 Å². The number of carbonyl (C=O) groups excluding carboxylic acids is 3. The van der Waals surface area contributed by atoms with Gasteiger partial charge in [0, 0.05) is 12.1 Å². The SMILES string of the molecule is O=C1C[C@H](N(CCc2ccccc2)C(=O)c2cccc(F)c2)C(=O)N1c1ccc(F)cc1. The van der Waals surface area contributed by atoms with E-state index in [-0.39, 0.29) is 24.2 Å². The highest BCUT2D eigenvalue weighted by Gasteiger charge is 2.44. The average molecular weight is 434 g/mol. The Bertz CT molecular complexity index is 1150. The number of halogens is 2. The number of imide groups is 1. The van der Waals surface area contributed by atoms with E-state index in [0.717, 1.165) is 28.7 Å². The van der Waals surface area contributed by atoms with E-state index in [0.29, 0.717) is 6.42 Å². The summed E-state index contributed by atoms with van der Waals surface area (Å²) in [5, 5.41) is 0. The maximum atomic E-state index is 13.7. The van der Waals surface area contributed by atoms with Crippen LogP contribution in [0.25, 0.3) is 0 Å². The smallest absolute Gasteiger partial charge is 0.257 e. The number of nitrogens with zero attached hydrogens (tertiary/aromatic N) is 2. The number of rotatable bonds is 6. The predicted molar refractivity (Wildman–Crippen MR) is 115 cm³/mol. The number of anilines is 1. The number of amides is 3. The van der Waals surface area contributed by atoms with Crippen LogP contribution in [0.4, 0.5) is 14.5 Å². The summed E-state index contributed by atoms with van der Waals surface area (Å²) in [5.41, 5.74) is 1.29. The van der Waals surface area contributed by atoms with Crippen molar-refractivity contribution < 1.29 is 23.2 Å². The molecule has 3 aromatic carbocycles. The molecule has 3 amide bonds. The Morgan fingerprint density at radius 2 is 1.62 bits per heavy atom. The Hall–Kier alpha value is -3.87. The van der Waals surface area contributed by atoms with Gasteiger partial charge < -0.3 is 4.90 Å². The molecule has 0 aromatic heterocycles. The third kappa shape index (κ3) is 4.42. The highest BCUT2D eigenvalue weighted by atomic mass is 19.1. The summed E-state index contributed by atoms with van der Waals surface area (Å²) >= 11 is 0. The van der Waals surface area contributed by atoms with E-state index in [9.17, 15) is 23.2 Å². The molecule has 3 aromatic rings. The van der Waals surface area contributed by atoms with E-state index < -0.39 is 35.4 Å². The molecule has 1 atom stereocenters. The van der Waals surface area contributed by atoms with Crippen LogP contribution in [0.1, 0.15) is 22.3 Å². The van der Waals surface area contributed by atoms with Gasteiger partial charge in [0.05, 0.1) is 12.1 Å². The Kier molecular flexibility index (Phi) is 6.07. The topological polar surface area (TPSA) is 57.7 Å². The zero-order valence-electron chi connectivity index (χ0n) is 17.1. The molecule has 0 spiro atoms. The minimum Gasteiger partial charge on any atom is -0.326 e. The molecule has 0 radical (unpaired) electrons. The second kappa shape index (κ2) is 9.09. The lowest BCUT2D eigenvalue weighted by Gasteiger charge is -2.28. The van der Waals surface area contributed by atoms with Gasteiger partial charge in [-0.05, 0) is 54.4 Å². The molecule has 0 N–H and O–H groups in total. The van der Waals surface area contributed by atoms with Gasteiger partial charge in [0.1, 0.15) is 17.7 Å². The maximum Gasteiger partial charge on any atom is 0.257 e. The fourth-order valence-electron chi connectivity index (χ4n) is 3.80. The van der Waals surface area contributed by atoms with Gasteiger partial charge in [-0.3, -0.25) is 14.4 Å². The summed E-state index contributed by atoms with van der Waals surface area (Å²) in [4.78, 5) is 41.5. The van der Waals surface area contributed by atoms with Crippen molar-refractivity contribution in [1.29, 1.82) is 0 Å². The quantitative estimate of drug-likeness (QED) is 0.552. The molecular weight excluding hydrogens is 414 g/mol. The van der Waals surface area contributed by atoms with E-state index in [1.54, 1.807) is 0 Å². The summed E-state index contributed by atoms with van der Waals surface area (Å²) in [7, 11) is 0. The first kappa shape index (κ1) is 21.4. The molecule has 1 heterocycles. The highest BCUT2D eigenvalue weighted by molar-refractivity contribution is 6.23. The van der Waals surface area contributed by atoms with Crippen LogP contribution in [0, 0.1) is 11.6 Å². The third-order valence-corrected chi connectivity index (χ3v) is 5.40. The van der Waals surface area contributed by atoms with E-state index in [2.05, 4.69) is 0 Å². The molecule has 0 saturated carbocycles. The minimum absolute atomic E-state index is 0.0959. The Morgan fingerprint density at radius 3 is 2.31 bits per heavy atom. The lowest BCUT2D eigenvalue weighted by molar-refractivity contribution is -0.122. The van der Waals surface area contributed by atoms with Crippen molar-refractivity contribution in [2.45, 2.75) is 18.9 Å². The Morgan fingerprint density at radius 1 is 0.906 bits per heavy atom. The molecule has 7 heteroatoms. The summed E-state index contributed by atoms with van der Waals surface area (Å²) < 4.78 is 27.0. The normalized spacial score (nSPS) is 15.8. The average Bonchev–Trinajstić information content (AvgIpc) is 3.09. The minimum atomic E-state index is -1.04. The molecule has 162 valence electrons. The first-order valence-electron chi connectivity index (χ1n) is 10.2.